The molecule has 17 heavy (non-hydrogen) atoms. The maximum Gasteiger partial charge on any atom is 0.304 e. The van der Waals surface area contributed by atoms with Gasteiger partial charge in [0, 0.05) is 13.5 Å². The van der Waals surface area contributed by atoms with Gasteiger partial charge in [0.1, 0.15) is 8.07 Å². The number of carbonyl (C=O) groups excluding carboxylic acids is 1. The Morgan fingerprint density at radius 2 is 1.76 bits per heavy atom. The van der Waals surface area contributed by atoms with Crippen molar-refractivity contribution in [3.05, 3.63) is 0 Å². The van der Waals surface area contributed by atoms with Crippen LogP contribution < -0.4 is 0 Å². The Hall–Kier alpha value is -0.393. The normalized spacial score (nSPS) is 13.8. The number of ether oxygens (including phenoxy) is 2. The van der Waals surface area contributed by atoms with Gasteiger partial charge in [0.25, 0.3) is 0 Å². The van der Waals surface area contributed by atoms with Crippen molar-refractivity contribution in [2.45, 2.75) is 46.3 Å². The average molecular weight is 261 g/mol. The molecule has 1 unspecified atom stereocenters. The fraction of sp³-hybridized carbons (Fsp3) is 0.917. The van der Waals surface area contributed by atoms with Gasteiger partial charge in [-0.05, 0) is 13.1 Å². The molecule has 0 radical (unpaired) electrons. The van der Waals surface area contributed by atoms with E-state index in [4.69, 9.17) is 9.47 Å². The van der Waals surface area contributed by atoms with Gasteiger partial charge in [-0.2, -0.15) is 0 Å². The van der Waals surface area contributed by atoms with Crippen molar-refractivity contribution in [2.24, 2.45) is 0 Å². The minimum Gasteiger partial charge on any atom is -0.440 e. The van der Waals surface area contributed by atoms with Crippen LogP contribution in [0.1, 0.15) is 20.8 Å². The molecule has 0 aromatic heterocycles. The highest BCUT2D eigenvalue weighted by Crippen LogP contribution is 2.13. The van der Waals surface area contributed by atoms with Crippen LogP contribution in [0.5, 0.6) is 0 Å². The first kappa shape index (κ1) is 16.6. The molecule has 0 amide bonds. The zero-order chi connectivity index (χ0) is 13.5. The maximum absolute atomic E-state index is 11.0. The van der Waals surface area contributed by atoms with Crippen molar-refractivity contribution < 1.29 is 14.3 Å². The molecule has 0 N–H and O–H groups in total. The minimum absolute atomic E-state index is 0.264. The summed E-state index contributed by atoms with van der Waals surface area (Å²) in [5.74, 6) is -0.601. The van der Waals surface area contributed by atoms with Crippen LogP contribution in [0.25, 0.3) is 0 Å². The molecule has 4 nitrogen and oxygen atoms in total. The van der Waals surface area contributed by atoms with E-state index in [9.17, 15) is 4.79 Å². The van der Waals surface area contributed by atoms with Gasteiger partial charge in [-0.15, -0.1) is 0 Å². The lowest BCUT2D eigenvalue weighted by Gasteiger charge is -2.29. The summed E-state index contributed by atoms with van der Waals surface area (Å²) in [6.07, 6.45) is 0. The summed E-state index contributed by atoms with van der Waals surface area (Å²) in [6.45, 7) is 15.6. The van der Waals surface area contributed by atoms with Gasteiger partial charge in [-0.25, -0.2) is 0 Å². The number of rotatable bonds is 8. The second-order valence-corrected chi connectivity index (χ2v) is 10.4. The molecule has 0 aromatic rings. The largest absolute Gasteiger partial charge is 0.440 e. The van der Waals surface area contributed by atoms with Crippen LogP contribution >= 0.6 is 0 Å². The predicted octanol–water partition coefficient (Wildman–Crippen LogP) is 2.11. The molecule has 0 rings (SSSR count). The predicted molar refractivity (Wildman–Crippen MR) is 72.6 cm³/mol. The highest BCUT2D eigenvalue weighted by atomic mass is 28.3. The molecule has 0 aromatic carbocycles. The summed E-state index contributed by atoms with van der Waals surface area (Å²) in [6, 6.07) is 0. The van der Waals surface area contributed by atoms with E-state index in [0.29, 0.717) is 6.61 Å². The zero-order valence-electron chi connectivity index (χ0n) is 12.1. The molecule has 0 bridgehead atoms. The quantitative estimate of drug-likeness (QED) is 0.381. The molecule has 102 valence electrons. The number of likely N-dealkylation sites (N-methyl/N-ethyl adjacent to an activating group) is 1. The van der Waals surface area contributed by atoms with Crippen molar-refractivity contribution in [1.29, 1.82) is 0 Å². The molecule has 0 aliphatic heterocycles. The molecule has 0 saturated carbocycles. The van der Waals surface area contributed by atoms with E-state index in [-0.39, 0.29) is 11.9 Å². The van der Waals surface area contributed by atoms with E-state index in [1.54, 1.807) is 0 Å². The van der Waals surface area contributed by atoms with E-state index in [0.717, 1.165) is 19.6 Å². The van der Waals surface area contributed by atoms with Gasteiger partial charge in [-0.1, -0.05) is 33.5 Å². The van der Waals surface area contributed by atoms with Crippen molar-refractivity contribution in [3.8, 4) is 0 Å². The number of hydrogen-bond acceptors (Lipinski definition) is 4. The van der Waals surface area contributed by atoms with Crippen LogP contribution in [-0.4, -0.2) is 51.1 Å². The summed E-state index contributed by atoms with van der Waals surface area (Å²) in [5.41, 5.74) is 0. The number of esters is 1. The zero-order valence-corrected chi connectivity index (χ0v) is 13.1. The monoisotopic (exact) mass is 261 g/mol. The second-order valence-electron chi connectivity index (χ2n) is 5.21. The summed E-state index contributed by atoms with van der Waals surface area (Å²) >= 11 is 0. The minimum atomic E-state index is -1.63. The lowest BCUT2D eigenvalue weighted by atomic mass is 10.5. The summed E-state index contributed by atoms with van der Waals surface area (Å²) in [7, 11) is -1.63. The van der Waals surface area contributed by atoms with Crippen LogP contribution in [0.15, 0.2) is 0 Å². The highest BCUT2D eigenvalue weighted by Gasteiger charge is 2.30. The fourth-order valence-electron chi connectivity index (χ4n) is 1.44. The SMILES string of the molecule is CCN(CC)CCOC(OC(C)=O)[Si](C)(C)C. The topological polar surface area (TPSA) is 38.8 Å². The van der Waals surface area contributed by atoms with Gasteiger partial charge in [0.15, 0.2) is 5.91 Å². The molecular formula is C12H27NO3Si. The van der Waals surface area contributed by atoms with Gasteiger partial charge in [0.2, 0.25) is 0 Å². The molecule has 1 atom stereocenters. The van der Waals surface area contributed by atoms with Crippen LogP contribution in [-0.2, 0) is 14.3 Å². The van der Waals surface area contributed by atoms with Gasteiger partial charge >= 0.3 is 5.97 Å². The van der Waals surface area contributed by atoms with Crippen LogP contribution in [0.2, 0.25) is 19.6 Å². The Kier molecular flexibility index (Phi) is 7.66. The Labute approximate surface area is 106 Å². The summed E-state index contributed by atoms with van der Waals surface area (Å²) < 4.78 is 11.0. The van der Waals surface area contributed by atoms with E-state index in [2.05, 4.69) is 38.4 Å². The third kappa shape index (κ3) is 7.52. The molecule has 0 aliphatic carbocycles. The van der Waals surface area contributed by atoms with Crippen molar-refractivity contribution >= 4 is 14.0 Å². The lowest BCUT2D eigenvalue weighted by molar-refractivity contribution is -0.162. The molecule has 5 heteroatoms. The van der Waals surface area contributed by atoms with Crippen molar-refractivity contribution in [2.75, 3.05) is 26.2 Å². The lowest BCUT2D eigenvalue weighted by Crippen LogP contribution is -2.44. The van der Waals surface area contributed by atoms with Gasteiger partial charge in [0.05, 0.1) is 6.61 Å². The maximum atomic E-state index is 11.0. The first-order valence-corrected chi connectivity index (χ1v) is 9.90. The number of hydrogen-bond donors (Lipinski definition) is 0. The van der Waals surface area contributed by atoms with Crippen LogP contribution in [0, 0.1) is 0 Å². The Morgan fingerprint density at radius 3 is 2.12 bits per heavy atom. The molecule has 0 aliphatic rings. The Balaban J connectivity index is 4.13. The van der Waals surface area contributed by atoms with Crippen LogP contribution in [0.4, 0.5) is 0 Å². The smallest absolute Gasteiger partial charge is 0.304 e. The number of nitrogens with zero attached hydrogens (tertiary/aromatic N) is 1. The average Bonchev–Trinajstić information content (AvgIpc) is 2.20. The third-order valence-electron chi connectivity index (χ3n) is 2.55. The van der Waals surface area contributed by atoms with Gasteiger partial charge < -0.3 is 14.4 Å². The Morgan fingerprint density at radius 1 is 1.24 bits per heavy atom. The summed E-state index contributed by atoms with van der Waals surface area (Å²) in [4.78, 5) is 13.3. The van der Waals surface area contributed by atoms with E-state index >= 15 is 0 Å². The third-order valence-corrected chi connectivity index (χ3v) is 4.25. The van der Waals surface area contributed by atoms with Gasteiger partial charge in [-0.3, -0.25) is 4.79 Å². The van der Waals surface area contributed by atoms with Crippen molar-refractivity contribution in [1.82, 2.24) is 4.90 Å². The van der Waals surface area contributed by atoms with Crippen LogP contribution in [0.3, 0.4) is 0 Å². The summed E-state index contributed by atoms with van der Waals surface area (Å²) in [5, 5.41) is 0. The first-order valence-electron chi connectivity index (χ1n) is 6.32. The van der Waals surface area contributed by atoms with Crippen molar-refractivity contribution in [3.63, 3.8) is 0 Å². The second kappa shape index (κ2) is 7.84. The molecule has 0 heterocycles. The Bertz CT molecular complexity index is 224. The van der Waals surface area contributed by atoms with E-state index < -0.39 is 8.07 Å². The van der Waals surface area contributed by atoms with E-state index in [1.807, 2.05) is 0 Å². The standard InChI is InChI=1S/C12H27NO3Si/c1-7-13(8-2)9-10-15-12(16-11(3)14)17(4,5)6/h12H,7-10H2,1-6H3. The molecule has 0 saturated heterocycles. The first-order chi connectivity index (χ1) is 7.81. The fourth-order valence-corrected chi connectivity index (χ4v) is 2.58. The van der Waals surface area contributed by atoms with E-state index in [1.165, 1.54) is 6.92 Å². The molecular weight excluding hydrogens is 234 g/mol. The number of carbonyl (C=O) groups is 1. The molecule has 0 spiro atoms. The molecule has 0 fully saturated rings. The highest BCUT2D eigenvalue weighted by molar-refractivity contribution is 6.77.